The van der Waals surface area contributed by atoms with E-state index in [1.54, 1.807) is 0 Å². The molecule has 1 unspecified atom stereocenters. The Labute approximate surface area is 127 Å². The van der Waals surface area contributed by atoms with E-state index in [0.29, 0.717) is 12.0 Å². The van der Waals surface area contributed by atoms with Gasteiger partial charge in [-0.25, -0.2) is 4.98 Å². The van der Waals surface area contributed by atoms with Gasteiger partial charge >= 0.3 is 0 Å². The number of rotatable bonds is 4. The zero-order valence-corrected chi connectivity index (χ0v) is 13.7. The van der Waals surface area contributed by atoms with Crippen LogP contribution in [0.2, 0.25) is 0 Å². The van der Waals surface area contributed by atoms with Crippen LogP contribution in [-0.4, -0.2) is 31.3 Å². The molecular formula is C16H25ClN2O. The first-order chi connectivity index (χ1) is 9.40. The quantitative estimate of drug-likeness (QED) is 0.792. The minimum Gasteiger partial charge on any atom is -0.376 e. The summed E-state index contributed by atoms with van der Waals surface area (Å²) in [5, 5.41) is 0. The molecule has 1 aliphatic rings. The summed E-state index contributed by atoms with van der Waals surface area (Å²) in [6.07, 6.45) is 2.64. The lowest BCUT2D eigenvalue weighted by Gasteiger charge is -2.25. The Balaban J connectivity index is 2.20. The van der Waals surface area contributed by atoms with Crippen molar-refractivity contribution in [2.75, 3.05) is 25.1 Å². The summed E-state index contributed by atoms with van der Waals surface area (Å²) in [6, 6.07) is 4.19. The van der Waals surface area contributed by atoms with E-state index in [2.05, 4.69) is 44.9 Å². The summed E-state index contributed by atoms with van der Waals surface area (Å²) in [4.78, 5) is 6.99. The molecule has 1 fully saturated rings. The maximum Gasteiger partial charge on any atom is 0.128 e. The van der Waals surface area contributed by atoms with Gasteiger partial charge in [-0.3, -0.25) is 0 Å². The monoisotopic (exact) mass is 296 g/mol. The number of likely N-dealkylation sites (N-methyl/N-ethyl adjacent to an activating group) is 1. The molecule has 20 heavy (non-hydrogen) atoms. The smallest absolute Gasteiger partial charge is 0.128 e. The molecule has 1 aliphatic heterocycles. The molecule has 0 N–H and O–H groups in total. The van der Waals surface area contributed by atoms with Gasteiger partial charge < -0.3 is 9.64 Å². The Bertz CT molecular complexity index is 450. The molecule has 0 spiro atoms. The number of hydrogen-bond acceptors (Lipinski definition) is 3. The summed E-state index contributed by atoms with van der Waals surface area (Å²) >= 11 is 6.02. The van der Waals surface area contributed by atoms with Crippen molar-refractivity contribution >= 4 is 17.4 Å². The van der Waals surface area contributed by atoms with Crippen LogP contribution in [0.5, 0.6) is 0 Å². The van der Waals surface area contributed by atoms with Crippen LogP contribution >= 0.6 is 11.6 Å². The fourth-order valence-electron chi connectivity index (χ4n) is 2.42. The molecule has 1 aromatic heterocycles. The van der Waals surface area contributed by atoms with Gasteiger partial charge in [0.25, 0.3) is 0 Å². The predicted molar refractivity (Wildman–Crippen MR) is 84.7 cm³/mol. The molecular weight excluding hydrogens is 272 g/mol. The first-order valence-corrected chi connectivity index (χ1v) is 7.84. The van der Waals surface area contributed by atoms with Gasteiger partial charge in [0, 0.05) is 37.2 Å². The van der Waals surface area contributed by atoms with Crippen LogP contribution < -0.4 is 4.90 Å². The van der Waals surface area contributed by atoms with Gasteiger partial charge in [-0.05, 0) is 30.5 Å². The van der Waals surface area contributed by atoms with Gasteiger partial charge in [0.05, 0.1) is 6.10 Å². The summed E-state index contributed by atoms with van der Waals surface area (Å²) in [5.41, 5.74) is 2.24. The second-order valence-electron chi connectivity index (χ2n) is 6.62. The van der Waals surface area contributed by atoms with Gasteiger partial charge in [0.15, 0.2) is 0 Å². The first-order valence-electron chi connectivity index (χ1n) is 7.30. The molecule has 1 saturated heterocycles. The van der Waals surface area contributed by atoms with Gasteiger partial charge in [0.2, 0.25) is 0 Å². The molecule has 0 amide bonds. The third-order valence-corrected chi connectivity index (χ3v) is 4.00. The average molecular weight is 297 g/mol. The zero-order valence-electron chi connectivity index (χ0n) is 12.9. The lowest BCUT2D eigenvalue weighted by atomic mass is 9.91. The molecule has 1 aromatic rings. The number of alkyl halides is 1. The van der Waals surface area contributed by atoms with Crippen LogP contribution in [0.1, 0.15) is 44.9 Å². The van der Waals surface area contributed by atoms with Crippen LogP contribution in [0.3, 0.4) is 0 Å². The van der Waals surface area contributed by atoms with Gasteiger partial charge in [-0.1, -0.05) is 20.8 Å². The Hall–Kier alpha value is -0.800. The van der Waals surface area contributed by atoms with Crippen molar-refractivity contribution < 1.29 is 4.74 Å². The lowest BCUT2D eigenvalue weighted by Crippen LogP contribution is -2.30. The highest BCUT2D eigenvalue weighted by Gasteiger charge is 2.21. The Morgan fingerprint density at radius 1 is 1.40 bits per heavy atom. The van der Waals surface area contributed by atoms with E-state index in [4.69, 9.17) is 21.3 Å². The Morgan fingerprint density at radius 2 is 2.15 bits per heavy atom. The van der Waals surface area contributed by atoms with Crippen molar-refractivity contribution in [1.82, 2.24) is 4.98 Å². The number of pyridine rings is 1. The van der Waals surface area contributed by atoms with E-state index in [-0.39, 0.29) is 5.41 Å². The highest BCUT2D eigenvalue weighted by Crippen LogP contribution is 2.26. The minimum absolute atomic E-state index is 0.0293. The fraction of sp³-hybridized carbons (Fsp3) is 0.688. The van der Waals surface area contributed by atoms with E-state index >= 15 is 0 Å². The highest BCUT2D eigenvalue weighted by atomic mass is 35.5. The van der Waals surface area contributed by atoms with E-state index in [9.17, 15) is 0 Å². The molecule has 2 heterocycles. The third-order valence-electron chi connectivity index (χ3n) is 3.69. The lowest BCUT2D eigenvalue weighted by molar-refractivity contribution is 0.116. The molecule has 0 aromatic carbocycles. The number of hydrogen-bond donors (Lipinski definition) is 0. The van der Waals surface area contributed by atoms with E-state index < -0.39 is 0 Å². The largest absolute Gasteiger partial charge is 0.376 e. The first kappa shape index (κ1) is 15.6. The molecule has 112 valence electrons. The number of ether oxygens (including phenoxy) is 1. The summed E-state index contributed by atoms with van der Waals surface area (Å²) in [7, 11) is 2.08. The molecule has 1 atom stereocenters. The highest BCUT2D eigenvalue weighted by molar-refractivity contribution is 6.17. The number of aromatic nitrogens is 1. The van der Waals surface area contributed by atoms with Crippen LogP contribution in [0.4, 0.5) is 5.82 Å². The number of anilines is 1. The van der Waals surface area contributed by atoms with Crippen molar-refractivity contribution in [2.24, 2.45) is 0 Å². The maximum absolute atomic E-state index is 6.02. The second-order valence-corrected chi connectivity index (χ2v) is 6.89. The molecule has 3 nitrogen and oxygen atoms in total. The third kappa shape index (κ3) is 3.86. The topological polar surface area (TPSA) is 25.4 Å². The van der Waals surface area contributed by atoms with Crippen molar-refractivity contribution in [3.8, 4) is 0 Å². The van der Waals surface area contributed by atoms with Crippen LogP contribution in [0, 0.1) is 0 Å². The SMILES string of the molecule is CN(CC1CCCO1)c1cc(CCl)cc(C(C)(C)C)n1. The van der Waals surface area contributed by atoms with Crippen molar-refractivity contribution in [3.05, 3.63) is 23.4 Å². The molecule has 0 aliphatic carbocycles. The van der Waals surface area contributed by atoms with E-state index in [0.717, 1.165) is 36.6 Å². The standard InChI is InChI=1S/C16H25ClN2O/c1-16(2,3)14-8-12(10-17)9-15(18-14)19(4)11-13-6-5-7-20-13/h8-9,13H,5-7,10-11H2,1-4H3. The van der Waals surface area contributed by atoms with Gasteiger partial charge in [-0.15, -0.1) is 11.6 Å². The maximum atomic E-state index is 6.02. The van der Waals surface area contributed by atoms with Crippen LogP contribution in [0.25, 0.3) is 0 Å². The van der Waals surface area contributed by atoms with Gasteiger partial charge in [-0.2, -0.15) is 0 Å². The number of nitrogens with zero attached hydrogens (tertiary/aromatic N) is 2. The van der Waals surface area contributed by atoms with Crippen molar-refractivity contribution in [2.45, 2.75) is 51.0 Å². The fourth-order valence-corrected chi connectivity index (χ4v) is 2.57. The van der Waals surface area contributed by atoms with Crippen molar-refractivity contribution in [1.29, 1.82) is 0 Å². The number of halogens is 1. The molecule has 0 saturated carbocycles. The van der Waals surface area contributed by atoms with Gasteiger partial charge in [0.1, 0.15) is 5.82 Å². The summed E-state index contributed by atoms with van der Waals surface area (Å²) in [6.45, 7) is 8.31. The molecule has 0 radical (unpaired) electrons. The van der Waals surface area contributed by atoms with Crippen LogP contribution in [-0.2, 0) is 16.0 Å². The minimum atomic E-state index is 0.0293. The van der Waals surface area contributed by atoms with E-state index in [1.165, 1.54) is 6.42 Å². The summed E-state index contributed by atoms with van der Waals surface area (Å²) < 4.78 is 5.70. The molecule has 0 bridgehead atoms. The van der Waals surface area contributed by atoms with Crippen molar-refractivity contribution in [3.63, 3.8) is 0 Å². The molecule has 4 heteroatoms. The Morgan fingerprint density at radius 3 is 2.70 bits per heavy atom. The predicted octanol–water partition coefficient (Wildman–Crippen LogP) is 3.73. The average Bonchev–Trinajstić information content (AvgIpc) is 2.90. The normalized spacial score (nSPS) is 19.4. The van der Waals surface area contributed by atoms with Crippen LogP contribution in [0.15, 0.2) is 12.1 Å². The zero-order chi connectivity index (χ0) is 14.8. The second kappa shape index (κ2) is 6.31. The Kier molecular flexibility index (Phi) is 4.92. The summed E-state index contributed by atoms with van der Waals surface area (Å²) in [5.74, 6) is 1.51. The van der Waals surface area contributed by atoms with E-state index in [1.807, 2.05) is 0 Å². The molecule has 2 rings (SSSR count).